The van der Waals surface area contributed by atoms with Gasteiger partial charge in [0, 0.05) is 6.54 Å². The first-order chi connectivity index (χ1) is 13.1. The Morgan fingerprint density at radius 3 is 2.81 bits per heavy atom. The summed E-state index contributed by atoms with van der Waals surface area (Å²) in [6.07, 6.45) is 1.15. The standard InChI is InChI=1S/C16H19N7O4/c1-7-21-15(27-22-7)12-10(24)11(25)16(26-12)23-6-20-9-13(17-4-8-2-3-8)18-5-19-14(9)23/h5-6,8,10-12,16,24-25H,2-4H2,1H3,(H,17,18,19)/t10-,11+,12-,16+/m0/s1. The summed E-state index contributed by atoms with van der Waals surface area (Å²) < 4.78 is 12.5. The zero-order chi connectivity index (χ0) is 18.5. The highest BCUT2D eigenvalue weighted by Crippen LogP contribution is 2.39. The molecule has 0 amide bonds. The molecule has 3 N–H and O–H groups in total. The quantitative estimate of drug-likeness (QED) is 0.572. The van der Waals surface area contributed by atoms with Crippen molar-refractivity contribution in [2.45, 2.75) is 44.3 Å². The van der Waals surface area contributed by atoms with Gasteiger partial charge in [-0.3, -0.25) is 4.57 Å². The summed E-state index contributed by atoms with van der Waals surface area (Å²) in [7, 11) is 0. The van der Waals surface area contributed by atoms with Crippen molar-refractivity contribution in [2.75, 3.05) is 11.9 Å². The van der Waals surface area contributed by atoms with Gasteiger partial charge in [0.1, 0.15) is 18.5 Å². The number of aliphatic hydroxyl groups excluding tert-OH is 2. The Hall–Kier alpha value is -2.63. The van der Waals surface area contributed by atoms with Crippen molar-refractivity contribution >= 4 is 17.0 Å². The van der Waals surface area contributed by atoms with Gasteiger partial charge in [-0.1, -0.05) is 5.16 Å². The van der Waals surface area contributed by atoms with Crippen LogP contribution in [0.3, 0.4) is 0 Å². The van der Waals surface area contributed by atoms with Crippen LogP contribution >= 0.6 is 0 Å². The monoisotopic (exact) mass is 373 g/mol. The molecule has 0 unspecified atom stereocenters. The molecule has 1 saturated heterocycles. The van der Waals surface area contributed by atoms with Gasteiger partial charge in [0.15, 0.2) is 35.1 Å². The third kappa shape index (κ3) is 2.83. The van der Waals surface area contributed by atoms with E-state index in [2.05, 4.69) is 30.4 Å². The van der Waals surface area contributed by atoms with Crippen molar-refractivity contribution in [1.29, 1.82) is 0 Å². The SMILES string of the molecule is Cc1noc([C@H]2O[C@@H](n3cnc4c(NCC5CC5)ncnc43)[C@H](O)[C@@H]2O)n1. The molecule has 4 heterocycles. The summed E-state index contributed by atoms with van der Waals surface area (Å²) in [4.78, 5) is 17.0. The van der Waals surface area contributed by atoms with E-state index in [1.807, 2.05) is 0 Å². The lowest BCUT2D eigenvalue weighted by Crippen LogP contribution is -2.29. The van der Waals surface area contributed by atoms with Gasteiger partial charge < -0.3 is 24.8 Å². The number of anilines is 1. The zero-order valence-corrected chi connectivity index (χ0v) is 14.6. The van der Waals surface area contributed by atoms with Crippen molar-refractivity contribution in [3.8, 4) is 0 Å². The van der Waals surface area contributed by atoms with Crippen LogP contribution in [0.5, 0.6) is 0 Å². The van der Waals surface area contributed by atoms with Gasteiger partial charge in [-0.05, 0) is 25.7 Å². The molecule has 11 nitrogen and oxygen atoms in total. The predicted molar refractivity (Wildman–Crippen MR) is 90.4 cm³/mol. The highest BCUT2D eigenvalue weighted by Gasteiger charge is 2.47. The third-order valence-corrected chi connectivity index (χ3v) is 4.91. The Labute approximate surface area is 153 Å². The second-order valence-corrected chi connectivity index (χ2v) is 6.98. The topological polar surface area (TPSA) is 144 Å². The Balaban J connectivity index is 1.45. The first-order valence-electron chi connectivity index (χ1n) is 8.85. The first kappa shape index (κ1) is 16.5. The second kappa shape index (κ2) is 6.22. The van der Waals surface area contributed by atoms with Crippen LogP contribution in [0.1, 0.15) is 36.9 Å². The van der Waals surface area contributed by atoms with Crippen LogP contribution in [0, 0.1) is 12.8 Å². The molecule has 0 spiro atoms. The molecular weight excluding hydrogens is 354 g/mol. The zero-order valence-electron chi connectivity index (χ0n) is 14.6. The van der Waals surface area contributed by atoms with Crippen molar-refractivity contribution in [3.05, 3.63) is 24.4 Å². The summed E-state index contributed by atoms with van der Waals surface area (Å²) in [5.41, 5.74) is 1.09. The van der Waals surface area contributed by atoms with Crippen LogP contribution in [0.25, 0.3) is 11.2 Å². The minimum absolute atomic E-state index is 0.118. The molecule has 3 aromatic heterocycles. The van der Waals surface area contributed by atoms with E-state index < -0.39 is 24.5 Å². The van der Waals surface area contributed by atoms with Crippen LogP contribution in [0.2, 0.25) is 0 Å². The lowest BCUT2D eigenvalue weighted by atomic mass is 10.1. The van der Waals surface area contributed by atoms with E-state index >= 15 is 0 Å². The van der Waals surface area contributed by atoms with Crippen LogP contribution < -0.4 is 5.32 Å². The number of ether oxygens (including phenoxy) is 1. The van der Waals surface area contributed by atoms with E-state index in [0.717, 1.165) is 6.54 Å². The summed E-state index contributed by atoms with van der Waals surface area (Å²) >= 11 is 0. The van der Waals surface area contributed by atoms with E-state index in [-0.39, 0.29) is 5.89 Å². The average molecular weight is 373 g/mol. The number of imidazole rings is 1. The molecule has 1 aliphatic heterocycles. The van der Waals surface area contributed by atoms with Gasteiger partial charge in [-0.2, -0.15) is 4.98 Å². The van der Waals surface area contributed by atoms with E-state index in [1.165, 1.54) is 25.5 Å². The van der Waals surface area contributed by atoms with Crippen LogP contribution in [-0.4, -0.2) is 58.6 Å². The summed E-state index contributed by atoms with van der Waals surface area (Å²) in [5.74, 6) is 1.87. The largest absolute Gasteiger partial charge is 0.387 e. The molecule has 11 heteroatoms. The lowest BCUT2D eigenvalue weighted by molar-refractivity contribution is -0.0451. The molecule has 0 bridgehead atoms. The molecule has 4 atom stereocenters. The number of aromatic nitrogens is 6. The third-order valence-electron chi connectivity index (χ3n) is 4.91. The minimum atomic E-state index is -1.22. The maximum absolute atomic E-state index is 10.5. The van der Waals surface area contributed by atoms with E-state index in [9.17, 15) is 10.2 Å². The van der Waals surface area contributed by atoms with E-state index in [1.54, 1.807) is 11.5 Å². The first-order valence-corrected chi connectivity index (χ1v) is 8.85. The molecule has 0 aromatic carbocycles. The van der Waals surface area contributed by atoms with Crippen LogP contribution in [0.15, 0.2) is 17.2 Å². The lowest BCUT2D eigenvalue weighted by Gasteiger charge is -2.16. The number of fused-ring (bicyclic) bond motifs is 1. The molecule has 1 aliphatic carbocycles. The fraction of sp³-hybridized carbons (Fsp3) is 0.562. The predicted octanol–water partition coefficient (Wildman–Crippen LogP) is 0.332. The maximum Gasteiger partial charge on any atom is 0.258 e. The minimum Gasteiger partial charge on any atom is -0.387 e. The molecule has 5 rings (SSSR count). The van der Waals surface area contributed by atoms with Gasteiger partial charge in [-0.25, -0.2) is 15.0 Å². The van der Waals surface area contributed by atoms with Crippen molar-refractivity contribution in [2.24, 2.45) is 5.92 Å². The summed E-state index contributed by atoms with van der Waals surface area (Å²) in [5, 5.41) is 27.9. The number of rotatable bonds is 5. The van der Waals surface area contributed by atoms with Gasteiger partial charge in [0.2, 0.25) is 0 Å². The molecule has 2 aliphatic rings. The molecule has 2 fully saturated rings. The molecule has 142 valence electrons. The van der Waals surface area contributed by atoms with Gasteiger partial charge >= 0.3 is 0 Å². The van der Waals surface area contributed by atoms with Crippen LogP contribution in [0.4, 0.5) is 5.82 Å². The summed E-state index contributed by atoms with van der Waals surface area (Å²) in [6.45, 7) is 2.51. The molecule has 1 saturated carbocycles. The second-order valence-electron chi connectivity index (χ2n) is 6.98. The number of hydrogen-bond acceptors (Lipinski definition) is 10. The van der Waals surface area contributed by atoms with Gasteiger partial charge in [0.25, 0.3) is 5.89 Å². The Morgan fingerprint density at radius 2 is 2.07 bits per heavy atom. The average Bonchev–Trinajstić information content (AvgIpc) is 3.12. The number of nitrogens with one attached hydrogen (secondary N) is 1. The van der Waals surface area contributed by atoms with Crippen molar-refractivity contribution < 1.29 is 19.5 Å². The number of hydrogen-bond donors (Lipinski definition) is 3. The number of nitrogens with zero attached hydrogens (tertiary/aromatic N) is 6. The normalized spacial score (nSPS) is 28.1. The fourth-order valence-electron chi connectivity index (χ4n) is 3.25. The van der Waals surface area contributed by atoms with Crippen molar-refractivity contribution in [1.82, 2.24) is 29.7 Å². The molecule has 27 heavy (non-hydrogen) atoms. The Morgan fingerprint density at radius 1 is 1.22 bits per heavy atom. The molecular formula is C16H19N7O4. The van der Waals surface area contributed by atoms with Gasteiger partial charge in [-0.15, -0.1) is 0 Å². The number of aryl methyl sites for hydroxylation is 1. The number of aliphatic hydroxyl groups is 2. The fourth-order valence-corrected chi connectivity index (χ4v) is 3.25. The molecule has 3 aromatic rings. The van der Waals surface area contributed by atoms with E-state index in [4.69, 9.17) is 9.26 Å². The summed E-state index contributed by atoms with van der Waals surface area (Å²) in [6, 6.07) is 0. The van der Waals surface area contributed by atoms with Crippen molar-refractivity contribution in [3.63, 3.8) is 0 Å². The Kier molecular flexibility index (Phi) is 3.81. The van der Waals surface area contributed by atoms with Crippen LogP contribution in [-0.2, 0) is 4.74 Å². The highest BCUT2D eigenvalue weighted by molar-refractivity contribution is 5.82. The highest BCUT2D eigenvalue weighted by atomic mass is 16.6. The van der Waals surface area contributed by atoms with E-state index in [0.29, 0.717) is 28.7 Å². The molecule has 0 radical (unpaired) electrons. The smallest absolute Gasteiger partial charge is 0.258 e. The van der Waals surface area contributed by atoms with Gasteiger partial charge in [0.05, 0.1) is 6.33 Å². The Bertz CT molecular complexity index is 969. The maximum atomic E-state index is 10.5.